The van der Waals surface area contributed by atoms with E-state index in [-0.39, 0.29) is 0 Å². The Bertz CT molecular complexity index is 216. The Labute approximate surface area is 77.4 Å². The van der Waals surface area contributed by atoms with E-state index in [9.17, 15) is 4.79 Å². The highest BCUT2D eigenvalue weighted by molar-refractivity contribution is 5.60. The normalized spacial score (nSPS) is 47.8. The molecular weight excluding hydrogens is 168 g/mol. The molecule has 2 saturated carbocycles. The number of ether oxygens (including phenoxy) is 2. The zero-order valence-corrected chi connectivity index (χ0v) is 7.57. The van der Waals surface area contributed by atoms with E-state index in [2.05, 4.69) is 0 Å². The fraction of sp³-hybridized carbons (Fsp3) is 0.900. The smallest absolute Gasteiger partial charge is 0.434 e. The monoisotopic (exact) mass is 182 g/mol. The molecule has 1 aliphatic heterocycles. The van der Waals surface area contributed by atoms with Crippen molar-refractivity contribution in [3.8, 4) is 0 Å². The van der Waals surface area contributed by atoms with Crippen molar-refractivity contribution < 1.29 is 14.3 Å². The Hall–Kier alpha value is -0.730. The fourth-order valence-corrected chi connectivity index (χ4v) is 3.42. The third-order valence-corrected chi connectivity index (χ3v) is 4.06. The first-order valence-electron chi connectivity index (χ1n) is 5.14. The molecule has 3 aliphatic rings. The molecule has 72 valence electrons. The number of carbonyl (C=O) groups excluding carboxylic acids is 1. The lowest BCUT2D eigenvalue weighted by Crippen LogP contribution is -2.26. The van der Waals surface area contributed by atoms with Crippen molar-refractivity contribution >= 4 is 6.16 Å². The van der Waals surface area contributed by atoms with Crippen LogP contribution in [-0.2, 0) is 9.47 Å². The molecule has 3 rings (SSSR count). The number of cyclic esters (lactones) is 2. The molecule has 2 bridgehead atoms. The van der Waals surface area contributed by atoms with Crippen LogP contribution in [0.3, 0.4) is 0 Å². The van der Waals surface area contributed by atoms with Crippen LogP contribution in [0, 0.1) is 23.7 Å². The van der Waals surface area contributed by atoms with Crippen LogP contribution in [0.5, 0.6) is 0 Å². The summed E-state index contributed by atoms with van der Waals surface area (Å²) in [7, 11) is 0. The molecule has 3 fully saturated rings. The molecule has 4 atom stereocenters. The van der Waals surface area contributed by atoms with Crippen LogP contribution in [0.25, 0.3) is 0 Å². The average Bonchev–Trinajstić information content (AvgIpc) is 2.66. The van der Waals surface area contributed by atoms with Gasteiger partial charge in [0.1, 0.15) is 0 Å². The maximum atomic E-state index is 10.9. The lowest BCUT2D eigenvalue weighted by molar-refractivity contribution is 0.0648. The molecule has 0 N–H and O–H groups in total. The second-order valence-corrected chi connectivity index (χ2v) is 4.53. The minimum atomic E-state index is -0.464. The molecule has 0 radical (unpaired) electrons. The first-order valence-corrected chi connectivity index (χ1v) is 5.14. The topological polar surface area (TPSA) is 35.5 Å². The van der Waals surface area contributed by atoms with Gasteiger partial charge < -0.3 is 9.47 Å². The van der Waals surface area contributed by atoms with E-state index >= 15 is 0 Å². The van der Waals surface area contributed by atoms with Gasteiger partial charge in [-0.05, 0) is 31.1 Å². The summed E-state index contributed by atoms with van der Waals surface area (Å²) >= 11 is 0. The largest absolute Gasteiger partial charge is 0.508 e. The molecule has 1 heterocycles. The molecular formula is C10H14O3. The van der Waals surface area contributed by atoms with Crippen molar-refractivity contribution in [3.63, 3.8) is 0 Å². The van der Waals surface area contributed by atoms with E-state index in [0.29, 0.717) is 25.0 Å². The van der Waals surface area contributed by atoms with E-state index < -0.39 is 6.16 Å². The van der Waals surface area contributed by atoms with Gasteiger partial charge in [0.2, 0.25) is 0 Å². The van der Waals surface area contributed by atoms with Gasteiger partial charge in [0.15, 0.2) is 0 Å². The average molecular weight is 182 g/mol. The van der Waals surface area contributed by atoms with E-state index in [1.165, 1.54) is 19.3 Å². The Kier molecular flexibility index (Phi) is 1.55. The lowest BCUT2D eigenvalue weighted by atomic mass is 9.80. The van der Waals surface area contributed by atoms with Crippen LogP contribution in [0.1, 0.15) is 19.3 Å². The van der Waals surface area contributed by atoms with Crippen LogP contribution in [0.4, 0.5) is 4.79 Å². The lowest BCUT2D eigenvalue weighted by Gasteiger charge is -2.26. The van der Waals surface area contributed by atoms with Crippen molar-refractivity contribution in [1.82, 2.24) is 0 Å². The molecule has 3 heteroatoms. The van der Waals surface area contributed by atoms with E-state index in [4.69, 9.17) is 9.47 Å². The molecule has 0 aromatic carbocycles. The summed E-state index contributed by atoms with van der Waals surface area (Å²) in [6.45, 7) is 1.20. The molecule has 13 heavy (non-hydrogen) atoms. The Morgan fingerprint density at radius 3 is 2.08 bits per heavy atom. The number of rotatable bonds is 0. The van der Waals surface area contributed by atoms with Gasteiger partial charge in [0.05, 0.1) is 13.2 Å². The Morgan fingerprint density at radius 1 is 1.00 bits per heavy atom. The van der Waals surface area contributed by atoms with Gasteiger partial charge in [-0.1, -0.05) is 0 Å². The highest BCUT2D eigenvalue weighted by atomic mass is 16.7. The zero-order chi connectivity index (χ0) is 8.84. The summed E-state index contributed by atoms with van der Waals surface area (Å²) in [5.41, 5.74) is 0. The molecule has 0 spiro atoms. The summed E-state index contributed by atoms with van der Waals surface area (Å²) in [4.78, 5) is 10.9. The maximum absolute atomic E-state index is 10.9. The van der Waals surface area contributed by atoms with Crippen molar-refractivity contribution in [2.45, 2.75) is 19.3 Å². The van der Waals surface area contributed by atoms with Crippen molar-refractivity contribution in [1.29, 1.82) is 0 Å². The summed E-state index contributed by atoms with van der Waals surface area (Å²) in [5.74, 6) is 2.82. The van der Waals surface area contributed by atoms with Crippen molar-refractivity contribution in [2.75, 3.05) is 13.2 Å². The predicted octanol–water partition coefficient (Wildman–Crippen LogP) is 1.82. The molecule has 0 aromatic rings. The number of carbonyl (C=O) groups is 1. The van der Waals surface area contributed by atoms with Crippen molar-refractivity contribution in [2.24, 2.45) is 23.7 Å². The molecule has 2 aliphatic carbocycles. The minimum Gasteiger partial charge on any atom is -0.434 e. The Morgan fingerprint density at radius 2 is 1.54 bits per heavy atom. The maximum Gasteiger partial charge on any atom is 0.508 e. The second-order valence-electron chi connectivity index (χ2n) is 4.53. The first-order chi connectivity index (χ1) is 6.34. The molecule has 0 aromatic heterocycles. The van der Waals surface area contributed by atoms with Gasteiger partial charge >= 0.3 is 6.16 Å². The van der Waals surface area contributed by atoms with Gasteiger partial charge in [-0.2, -0.15) is 0 Å². The molecule has 0 unspecified atom stereocenters. The van der Waals surface area contributed by atoms with Gasteiger partial charge in [-0.15, -0.1) is 0 Å². The van der Waals surface area contributed by atoms with Crippen LogP contribution in [0.15, 0.2) is 0 Å². The Balaban J connectivity index is 1.81. The summed E-state index contributed by atoms with van der Waals surface area (Å²) in [5, 5.41) is 0. The highest BCUT2D eigenvalue weighted by Gasteiger charge is 2.49. The number of hydrogen-bond acceptors (Lipinski definition) is 3. The molecule has 0 amide bonds. The van der Waals surface area contributed by atoms with Crippen LogP contribution in [-0.4, -0.2) is 19.4 Å². The highest BCUT2D eigenvalue weighted by Crippen LogP contribution is 2.52. The van der Waals surface area contributed by atoms with Crippen LogP contribution >= 0.6 is 0 Å². The zero-order valence-electron chi connectivity index (χ0n) is 7.57. The van der Waals surface area contributed by atoms with Gasteiger partial charge in [0.25, 0.3) is 0 Å². The quantitative estimate of drug-likeness (QED) is 0.536. The van der Waals surface area contributed by atoms with E-state index in [0.717, 1.165) is 11.8 Å². The molecule has 1 saturated heterocycles. The van der Waals surface area contributed by atoms with Gasteiger partial charge in [-0.25, -0.2) is 4.79 Å². The minimum absolute atomic E-state index is 0.464. The van der Waals surface area contributed by atoms with Crippen LogP contribution in [0.2, 0.25) is 0 Å². The molecule has 3 nitrogen and oxygen atoms in total. The third-order valence-electron chi connectivity index (χ3n) is 4.06. The van der Waals surface area contributed by atoms with E-state index in [1.54, 1.807) is 0 Å². The number of fused-ring (bicyclic) bond motifs is 5. The number of hydrogen-bond donors (Lipinski definition) is 0. The summed E-state index contributed by atoms with van der Waals surface area (Å²) in [6.07, 6.45) is 3.55. The standard InChI is InChI=1S/C10H14O3/c11-10-12-4-8-6-1-2-7(3-6)9(8)5-13-10/h6-9H,1-5H2/t6-,7+,8-,9+. The fourth-order valence-electron chi connectivity index (χ4n) is 3.42. The third kappa shape index (κ3) is 1.06. The van der Waals surface area contributed by atoms with Gasteiger partial charge in [0, 0.05) is 11.8 Å². The second kappa shape index (κ2) is 2.63. The van der Waals surface area contributed by atoms with Crippen LogP contribution < -0.4 is 0 Å². The first kappa shape index (κ1) is 7.65. The summed E-state index contributed by atoms with van der Waals surface area (Å²) in [6, 6.07) is 0. The SMILES string of the molecule is O=C1OC[C@@H]2[C@@H]3CC[C@@H](C3)[C@@H]2CO1. The van der Waals surface area contributed by atoms with Gasteiger partial charge in [-0.3, -0.25) is 0 Å². The van der Waals surface area contributed by atoms with E-state index in [1.807, 2.05) is 0 Å². The summed E-state index contributed by atoms with van der Waals surface area (Å²) < 4.78 is 10.0. The predicted molar refractivity (Wildman–Crippen MR) is 45.1 cm³/mol. The van der Waals surface area contributed by atoms with Crippen molar-refractivity contribution in [3.05, 3.63) is 0 Å².